The average molecular weight is 995 g/mol. The van der Waals surface area contributed by atoms with Gasteiger partial charge in [0.05, 0.1) is 33.7 Å². The number of aryl methyl sites for hydroxylation is 4. The topological polar surface area (TPSA) is 266 Å². The summed E-state index contributed by atoms with van der Waals surface area (Å²) in [5, 5.41) is 24.2. The number of nitrogens with one attached hydrogen (secondary N) is 5. The molecule has 8 N–H and O–H groups in total. The molecule has 0 saturated heterocycles. The van der Waals surface area contributed by atoms with E-state index in [4.69, 9.17) is 9.41 Å². The maximum Gasteiger partial charge on any atom is 0.337 e. The highest BCUT2D eigenvalue weighted by Gasteiger charge is 2.27. The number of carboxylic acid groups (broad SMARTS) is 1. The number of hydrogen-bond acceptors (Lipinski definition) is 10. The average Bonchev–Trinajstić information content (AvgIpc) is 3.30. The largest absolute Gasteiger partial charge is 0.478 e. The van der Waals surface area contributed by atoms with Crippen molar-refractivity contribution in [3.63, 3.8) is 0 Å². The predicted molar refractivity (Wildman–Crippen MR) is 273 cm³/mol. The summed E-state index contributed by atoms with van der Waals surface area (Å²) in [6.45, 7) is 10.7. The fourth-order valence-corrected chi connectivity index (χ4v) is 10.0. The first kappa shape index (κ1) is 49.1. The summed E-state index contributed by atoms with van der Waals surface area (Å²) in [5.74, 6) is -1.25. The number of para-hydroxylation sites is 2. The molecular weight excluding hydrogens is 949 g/mol. The van der Waals surface area contributed by atoms with Crippen LogP contribution >= 0.6 is 0 Å². The van der Waals surface area contributed by atoms with Crippen LogP contribution in [0.5, 0.6) is 0 Å². The van der Waals surface area contributed by atoms with Gasteiger partial charge in [0.2, 0.25) is 0 Å². The van der Waals surface area contributed by atoms with E-state index in [1.54, 1.807) is 69.3 Å². The second-order valence-corrected chi connectivity index (χ2v) is 19.6. The van der Waals surface area contributed by atoms with Gasteiger partial charge in [-0.25, -0.2) is 19.4 Å². The van der Waals surface area contributed by atoms with Crippen molar-refractivity contribution in [3.05, 3.63) is 166 Å². The van der Waals surface area contributed by atoms with Crippen molar-refractivity contribution in [2.24, 2.45) is 4.99 Å². The van der Waals surface area contributed by atoms with Crippen molar-refractivity contribution in [3.8, 4) is 22.5 Å². The van der Waals surface area contributed by atoms with Gasteiger partial charge in [-0.15, -0.1) is 0 Å². The standard InChI is InChI=1S/C52H46N6O11S2/c1-27-22-29(3)48(57-51(61)54-33-14-8-7-9-15-33)31(5)46(27)53-34-20-21-36-41(24-34)69-42-26-40(44(71(66,67)68)25-38(42)45(36)37-17-11-13-19-43(37)70(63,64)65)55-47-28(2)23-30(4)49(32(47)6)58-52(62)56-39-18-12-10-16-35(39)50(59)60/h7-26,53H,1-6H3,(H,59,60)(H2,54,57,61)(H2,56,58,62)(H,63,64,65)(H,66,67,68). The van der Waals surface area contributed by atoms with Gasteiger partial charge in [-0.1, -0.05) is 60.7 Å². The van der Waals surface area contributed by atoms with Crippen molar-refractivity contribution in [2.75, 3.05) is 26.6 Å². The van der Waals surface area contributed by atoms with Crippen LogP contribution in [0, 0.1) is 41.5 Å². The highest BCUT2D eigenvalue weighted by molar-refractivity contribution is 7.86. The third-order valence-electron chi connectivity index (χ3n) is 11.8. The molecule has 1 aliphatic heterocycles. The van der Waals surface area contributed by atoms with Gasteiger partial charge in [-0.05, 0) is 123 Å². The molecule has 0 unspecified atom stereocenters. The lowest BCUT2D eigenvalue weighted by atomic mass is 9.93. The van der Waals surface area contributed by atoms with Crippen LogP contribution in [0.4, 0.5) is 49.4 Å². The first-order valence-electron chi connectivity index (χ1n) is 21.7. The lowest BCUT2D eigenvalue weighted by Crippen LogP contribution is -2.22. The van der Waals surface area contributed by atoms with Gasteiger partial charge in [0.1, 0.15) is 21.1 Å². The van der Waals surface area contributed by atoms with Crippen molar-refractivity contribution in [1.82, 2.24) is 0 Å². The number of urea groups is 2. The minimum atomic E-state index is -5.10. The molecule has 17 nitrogen and oxygen atoms in total. The van der Waals surface area contributed by atoms with Crippen LogP contribution in [-0.2, 0) is 20.2 Å². The smallest absolute Gasteiger partial charge is 0.337 e. The molecule has 362 valence electrons. The van der Waals surface area contributed by atoms with Crippen molar-refractivity contribution >= 4 is 89.0 Å². The monoisotopic (exact) mass is 994 g/mol. The number of hydrogen-bond donors (Lipinski definition) is 8. The highest BCUT2D eigenvalue weighted by atomic mass is 32.2. The van der Waals surface area contributed by atoms with E-state index in [2.05, 4.69) is 26.6 Å². The number of benzene rings is 7. The lowest BCUT2D eigenvalue weighted by molar-refractivity contribution is 0.0698. The van der Waals surface area contributed by atoms with Gasteiger partial charge in [0.25, 0.3) is 20.2 Å². The van der Waals surface area contributed by atoms with E-state index in [1.807, 2.05) is 45.0 Å². The fraction of sp³-hybridized carbons (Fsp3) is 0.115. The molecular formula is C52H46N6O11S2. The summed E-state index contributed by atoms with van der Waals surface area (Å²) in [6, 6.07) is 30.3. The minimum absolute atomic E-state index is 0.00297. The molecule has 0 atom stereocenters. The molecule has 8 rings (SSSR count). The van der Waals surface area contributed by atoms with E-state index in [0.29, 0.717) is 44.8 Å². The summed E-state index contributed by atoms with van der Waals surface area (Å²) in [6.07, 6.45) is 0. The molecule has 0 saturated carbocycles. The van der Waals surface area contributed by atoms with Gasteiger partial charge in [-0.3, -0.25) is 9.11 Å². The van der Waals surface area contributed by atoms with Gasteiger partial charge >= 0.3 is 18.0 Å². The normalized spacial score (nSPS) is 11.9. The highest BCUT2D eigenvalue weighted by Crippen LogP contribution is 2.44. The lowest BCUT2D eigenvalue weighted by Gasteiger charge is -2.21. The fourth-order valence-electron chi connectivity index (χ4n) is 8.68. The Morgan fingerprint density at radius 1 is 0.549 bits per heavy atom. The van der Waals surface area contributed by atoms with Gasteiger partial charge < -0.3 is 36.1 Å². The number of amides is 4. The van der Waals surface area contributed by atoms with Crippen LogP contribution in [0.1, 0.15) is 43.7 Å². The summed E-state index contributed by atoms with van der Waals surface area (Å²) >= 11 is 0. The molecule has 0 bridgehead atoms. The van der Waals surface area contributed by atoms with Gasteiger partial charge in [0, 0.05) is 51.3 Å². The van der Waals surface area contributed by atoms with Crippen LogP contribution in [0.2, 0.25) is 0 Å². The van der Waals surface area contributed by atoms with E-state index in [1.165, 1.54) is 42.5 Å². The predicted octanol–water partition coefficient (Wildman–Crippen LogP) is 11.5. The van der Waals surface area contributed by atoms with E-state index in [9.17, 15) is 45.4 Å². The zero-order chi connectivity index (χ0) is 51.1. The third-order valence-corrected chi connectivity index (χ3v) is 13.6. The first-order chi connectivity index (χ1) is 33.6. The van der Waals surface area contributed by atoms with Gasteiger partial charge in [-0.2, -0.15) is 16.8 Å². The Labute approximate surface area is 408 Å². The molecule has 6 aromatic carbocycles. The molecule has 71 heavy (non-hydrogen) atoms. The molecule has 0 aromatic heterocycles. The molecule has 1 aliphatic carbocycles. The molecule has 0 fully saturated rings. The number of nitrogens with zero attached hydrogens (tertiary/aromatic N) is 1. The summed E-state index contributed by atoms with van der Waals surface area (Å²) in [4.78, 5) is 41.8. The maximum absolute atomic E-state index is 13.4. The Morgan fingerprint density at radius 2 is 1.14 bits per heavy atom. The van der Waals surface area contributed by atoms with Crippen molar-refractivity contribution < 1.29 is 49.8 Å². The van der Waals surface area contributed by atoms with Crippen molar-refractivity contribution in [2.45, 2.75) is 51.3 Å². The Hall–Kier alpha value is -8.36. The van der Waals surface area contributed by atoms with Gasteiger partial charge in [0.15, 0.2) is 0 Å². The maximum atomic E-state index is 13.4. The summed E-state index contributed by atoms with van der Waals surface area (Å²) < 4.78 is 80.4. The zero-order valence-corrected chi connectivity index (χ0v) is 40.6. The number of anilines is 6. The van der Waals surface area contributed by atoms with Crippen molar-refractivity contribution in [1.29, 1.82) is 0 Å². The Bertz CT molecular complexity index is 3780. The molecule has 0 radical (unpaired) electrons. The SMILES string of the molecule is Cc1cc(C)c(NC(=O)Nc2ccccc2C(=O)O)c(C)c1N=c1cc2oc3cc(Nc4c(C)cc(C)c(NC(=O)Nc5ccccc5)c4C)ccc3c(-c3ccccc3S(=O)(=O)O)c-2cc1S(=O)(=O)O. The van der Waals surface area contributed by atoms with E-state index >= 15 is 0 Å². The minimum Gasteiger partial charge on any atom is -0.478 e. The van der Waals surface area contributed by atoms with E-state index < -0.39 is 48.1 Å². The Kier molecular flexibility index (Phi) is 13.3. The summed E-state index contributed by atoms with van der Waals surface area (Å²) in [5.41, 5.74) is 7.02. The number of rotatable bonds is 11. The number of fused-ring (bicyclic) bond motifs is 2. The molecule has 6 aromatic rings. The summed E-state index contributed by atoms with van der Waals surface area (Å²) in [7, 11) is -9.97. The molecule has 4 amide bonds. The first-order valence-corrected chi connectivity index (χ1v) is 24.6. The van der Waals surface area contributed by atoms with Crippen LogP contribution in [0.3, 0.4) is 0 Å². The third kappa shape index (κ3) is 10.2. The van der Waals surface area contributed by atoms with E-state index in [0.717, 1.165) is 22.8 Å². The zero-order valence-electron chi connectivity index (χ0n) is 38.9. The molecule has 19 heteroatoms. The molecule has 1 heterocycles. The Morgan fingerprint density at radius 3 is 1.82 bits per heavy atom. The molecule has 0 spiro atoms. The number of carboxylic acids is 1. The quantitative estimate of drug-likeness (QED) is 0.0444. The second-order valence-electron chi connectivity index (χ2n) is 16.8. The van der Waals surface area contributed by atoms with Crippen LogP contribution in [0.25, 0.3) is 33.4 Å². The number of carbonyl (C=O) groups is 3. The number of aromatic carboxylic acids is 1. The molecule has 2 aliphatic rings. The van der Waals surface area contributed by atoms with Crippen LogP contribution in [-0.4, -0.2) is 49.1 Å². The number of carbonyl (C=O) groups excluding carboxylic acids is 2. The van der Waals surface area contributed by atoms with Crippen LogP contribution < -0.4 is 31.9 Å². The van der Waals surface area contributed by atoms with E-state index in [-0.39, 0.29) is 56.0 Å². The second kappa shape index (κ2) is 19.2. The Balaban J connectivity index is 1.29. The van der Waals surface area contributed by atoms with Crippen LogP contribution in [0.15, 0.2) is 141 Å².